The Labute approximate surface area is 188 Å². The van der Waals surface area contributed by atoms with Crippen LogP contribution in [0, 0.1) is 6.92 Å². The molecular weight excluding hydrogens is 430 g/mol. The monoisotopic (exact) mass is 449 g/mol. The van der Waals surface area contributed by atoms with E-state index in [1.165, 1.54) is 12.1 Å². The summed E-state index contributed by atoms with van der Waals surface area (Å²) in [5.41, 5.74) is 1.70. The van der Waals surface area contributed by atoms with Gasteiger partial charge in [0.05, 0.1) is 17.0 Å². The molecule has 1 aromatic heterocycles. The molecule has 0 radical (unpaired) electrons. The SMILES string of the molecule is Cc1cc(C(=O)O)ccc1-c1ccc(/C=C2\SC(=O)N(CCOc3ccccc3)C2=O)o1. The van der Waals surface area contributed by atoms with Crippen LogP contribution in [0.3, 0.4) is 0 Å². The number of hydrogen-bond acceptors (Lipinski definition) is 6. The number of ether oxygens (including phenoxy) is 1. The van der Waals surface area contributed by atoms with Crippen LogP contribution in [-0.4, -0.2) is 40.3 Å². The summed E-state index contributed by atoms with van der Waals surface area (Å²) < 4.78 is 11.4. The second-order valence-corrected chi connectivity index (χ2v) is 8.02. The van der Waals surface area contributed by atoms with Gasteiger partial charge in [0.25, 0.3) is 11.1 Å². The molecule has 1 fully saturated rings. The maximum atomic E-state index is 12.7. The van der Waals surface area contributed by atoms with Gasteiger partial charge in [-0.15, -0.1) is 0 Å². The van der Waals surface area contributed by atoms with E-state index >= 15 is 0 Å². The van der Waals surface area contributed by atoms with E-state index in [0.29, 0.717) is 17.3 Å². The largest absolute Gasteiger partial charge is 0.492 e. The van der Waals surface area contributed by atoms with Crippen molar-refractivity contribution in [1.82, 2.24) is 4.90 Å². The first-order valence-corrected chi connectivity index (χ1v) is 10.6. The topological polar surface area (TPSA) is 97.0 Å². The maximum absolute atomic E-state index is 12.7. The molecule has 32 heavy (non-hydrogen) atoms. The molecule has 2 aromatic carbocycles. The molecule has 3 aromatic rings. The lowest BCUT2D eigenvalue weighted by atomic mass is 10.0. The van der Waals surface area contributed by atoms with Crippen LogP contribution >= 0.6 is 11.8 Å². The maximum Gasteiger partial charge on any atom is 0.335 e. The summed E-state index contributed by atoms with van der Waals surface area (Å²) in [7, 11) is 0. The van der Waals surface area contributed by atoms with E-state index in [1.54, 1.807) is 43.3 Å². The number of hydrogen-bond donors (Lipinski definition) is 1. The number of para-hydroxylation sites is 1. The van der Waals surface area contributed by atoms with Crippen molar-refractivity contribution >= 4 is 35.0 Å². The van der Waals surface area contributed by atoms with E-state index in [1.807, 2.05) is 18.2 Å². The molecule has 0 unspecified atom stereocenters. The number of aromatic carboxylic acids is 1. The van der Waals surface area contributed by atoms with E-state index < -0.39 is 11.9 Å². The third-order valence-electron chi connectivity index (χ3n) is 4.84. The lowest BCUT2D eigenvalue weighted by molar-refractivity contribution is -0.123. The molecule has 0 bridgehead atoms. The number of carboxylic acids is 1. The summed E-state index contributed by atoms with van der Waals surface area (Å²) in [5, 5.41) is 8.75. The minimum Gasteiger partial charge on any atom is -0.492 e. The molecule has 0 saturated carbocycles. The zero-order valence-electron chi connectivity index (χ0n) is 17.1. The van der Waals surface area contributed by atoms with Gasteiger partial charge in [-0.1, -0.05) is 24.3 Å². The molecule has 1 N–H and O–H groups in total. The van der Waals surface area contributed by atoms with Crippen molar-refractivity contribution in [3.05, 3.63) is 82.5 Å². The number of imide groups is 1. The molecular formula is C24H19NO6S. The molecule has 2 amide bonds. The molecule has 1 aliphatic rings. The van der Waals surface area contributed by atoms with Crippen LogP contribution < -0.4 is 4.74 Å². The number of carboxylic acid groups (broad SMARTS) is 1. The zero-order chi connectivity index (χ0) is 22.7. The van der Waals surface area contributed by atoms with Gasteiger partial charge in [-0.2, -0.15) is 0 Å². The van der Waals surface area contributed by atoms with Crippen molar-refractivity contribution in [3.8, 4) is 17.1 Å². The number of amides is 2. The van der Waals surface area contributed by atoms with E-state index in [4.69, 9.17) is 14.3 Å². The number of thioether (sulfide) groups is 1. The smallest absolute Gasteiger partial charge is 0.335 e. The summed E-state index contributed by atoms with van der Waals surface area (Å²) in [4.78, 5) is 37.5. The van der Waals surface area contributed by atoms with Gasteiger partial charge in [-0.05, 0) is 60.6 Å². The number of rotatable bonds is 7. The molecule has 162 valence electrons. The van der Waals surface area contributed by atoms with Gasteiger partial charge in [0, 0.05) is 11.6 Å². The molecule has 0 spiro atoms. The van der Waals surface area contributed by atoms with Crippen molar-refractivity contribution in [2.75, 3.05) is 13.2 Å². The van der Waals surface area contributed by atoms with Gasteiger partial charge < -0.3 is 14.3 Å². The zero-order valence-corrected chi connectivity index (χ0v) is 17.9. The first kappa shape index (κ1) is 21.5. The lowest BCUT2D eigenvalue weighted by Gasteiger charge is -2.13. The first-order chi connectivity index (χ1) is 15.4. The summed E-state index contributed by atoms with van der Waals surface area (Å²) >= 11 is 0.854. The average molecular weight is 449 g/mol. The number of carbonyl (C=O) groups is 3. The highest BCUT2D eigenvalue weighted by Gasteiger charge is 2.35. The normalized spacial score (nSPS) is 14.9. The summed E-state index contributed by atoms with van der Waals surface area (Å²) in [6.45, 7) is 2.15. The molecule has 8 heteroatoms. The minimum atomic E-state index is -0.996. The van der Waals surface area contributed by atoms with Crippen LogP contribution in [0.1, 0.15) is 21.7 Å². The second kappa shape index (κ2) is 9.15. The van der Waals surface area contributed by atoms with E-state index in [9.17, 15) is 14.4 Å². The third-order valence-corrected chi connectivity index (χ3v) is 5.75. The highest BCUT2D eigenvalue weighted by molar-refractivity contribution is 8.18. The van der Waals surface area contributed by atoms with Crippen LogP contribution in [0.2, 0.25) is 0 Å². The Morgan fingerprint density at radius 1 is 1.12 bits per heavy atom. The van der Waals surface area contributed by atoms with Gasteiger partial charge in [0.1, 0.15) is 23.9 Å². The van der Waals surface area contributed by atoms with Crippen molar-refractivity contribution in [3.63, 3.8) is 0 Å². The van der Waals surface area contributed by atoms with Crippen molar-refractivity contribution in [2.45, 2.75) is 6.92 Å². The van der Waals surface area contributed by atoms with Crippen LogP contribution in [-0.2, 0) is 4.79 Å². The first-order valence-electron chi connectivity index (χ1n) is 9.80. The summed E-state index contributed by atoms with van der Waals surface area (Å²) in [6.07, 6.45) is 1.54. The fraction of sp³-hybridized carbons (Fsp3) is 0.125. The van der Waals surface area contributed by atoms with E-state index in [0.717, 1.165) is 27.8 Å². The van der Waals surface area contributed by atoms with E-state index in [-0.39, 0.29) is 28.9 Å². The summed E-state index contributed by atoms with van der Waals surface area (Å²) in [5.74, 6) is 0.250. The standard InChI is InChI=1S/C24H19NO6S/c1-15-13-16(23(27)28)7-9-19(15)20-10-8-18(31-20)14-21-22(26)25(24(29)32-21)11-12-30-17-5-3-2-4-6-17/h2-10,13-14H,11-12H2,1H3,(H,27,28)/b21-14-. The van der Waals surface area contributed by atoms with Gasteiger partial charge >= 0.3 is 5.97 Å². The molecule has 7 nitrogen and oxygen atoms in total. The fourth-order valence-electron chi connectivity index (χ4n) is 3.24. The predicted molar refractivity (Wildman–Crippen MR) is 120 cm³/mol. The number of furan rings is 1. The molecule has 0 aliphatic carbocycles. The molecule has 2 heterocycles. The van der Waals surface area contributed by atoms with Crippen molar-refractivity contribution in [2.24, 2.45) is 0 Å². The van der Waals surface area contributed by atoms with Gasteiger partial charge in [-0.3, -0.25) is 14.5 Å². The third kappa shape index (κ3) is 4.60. The van der Waals surface area contributed by atoms with Gasteiger partial charge in [-0.25, -0.2) is 4.79 Å². The van der Waals surface area contributed by atoms with Crippen LogP contribution in [0.25, 0.3) is 17.4 Å². The predicted octanol–water partition coefficient (Wildman–Crippen LogP) is 5.07. The molecule has 1 saturated heterocycles. The fourth-order valence-corrected chi connectivity index (χ4v) is 4.09. The van der Waals surface area contributed by atoms with Crippen molar-refractivity contribution in [1.29, 1.82) is 0 Å². The number of benzene rings is 2. The number of aryl methyl sites for hydroxylation is 1. The van der Waals surface area contributed by atoms with Crippen molar-refractivity contribution < 1.29 is 28.6 Å². The summed E-state index contributed by atoms with van der Waals surface area (Å²) in [6, 6.07) is 17.4. The second-order valence-electron chi connectivity index (χ2n) is 7.03. The Balaban J connectivity index is 1.44. The molecule has 4 rings (SSSR count). The van der Waals surface area contributed by atoms with Crippen LogP contribution in [0.15, 0.2) is 70.0 Å². The Morgan fingerprint density at radius 3 is 2.62 bits per heavy atom. The minimum absolute atomic E-state index is 0.148. The molecule has 0 atom stereocenters. The Morgan fingerprint density at radius 2 is 1.91 bits per heavy atom. The number of nitrogens with zero attached hydrogens (tertiary/aromatic N) is 1. The quantitative estimate of drug-likeness (QED) is 0.503. The number of carbonyl (C=O) groups excluding carboxylic acids is 2. The van der Waals surface area contributed by atoms with Crippen LogP contribution in [0.5, 0.6) is 5.75 Å². The van der Waals surface area contributed by atoms with Crippen LogP contribution in [0.4, 0.5) is 4.79 Å². The Bertz CT molecular complexity index is 1210. The van der Waals surface area contributed by atoms with E-state index in [2.05, 4.69) is 0 Å². The highest BCUT2D eigenvalue weighted by atomic mass is 32.2. The van der Waals surface area contributed by atoms with Gasteiger partial charge in [0.15, 0.2) is 0 Å². The highest BCUT2D eigenvalue weighted by Crippen LogP contribution is 2.33. The average Bonchev–Trinajstić information content (AvgIpc) is 3.34. The Kier molecular flexibility index (Phi) is 6.13. The molecule has 1 aliphatic heterocycles. The van der Waals surface area contributed by atoms with Gasteiger partial charge in [0.2, 0.25) is 0 Å². The lowest BCUT2D eigenvalue weighted by Crippen LogP contribution is -2.32. The Hall–Kier alpha value is -3.78.